The predicted octanol–water partition coefficient (Wildman–Crippen LogP) is 7.99. The number of nitrogens with zero attached hydrogens (tertiary/aromatic N) is 4. The minimum absolute atomic E-state index is 0.0918. The number of ether oxygens (including phenoxy) is 2. The number of fused-ring (bicyclic) bond motifs is 1. The number of unbranched alkanes of at least 4 members (excludes halogenated alkanes) is 15. The van der Waals surface area contributed by atoms with Gasteiger partial charge >= 0.3 is 7.82 Å². The fourth-order valence-corrected chi connectivity index (χ4v) is 7.12. The van der Waals surface area contributed by atoms with E-state index in [1.807, 2.05) is 30.3 Å². The quantitative estimate of drug-likeness (QED) is 0.0379. The van der Waals surface area contributed by atoms with Crippen molar-refractivity contribution in [3.63, 3.8) is 0 Å². The Kier molecular flexibility index (Phi) is 20.5. The number of nitrogen functional groups attached to an aromatic ring is 1. The molecule has 0 saturated carbocycles. The van der Waals surface area contributed by atoms with Crippen LogP contribution in [-0.2, 0) is 29.7 Å². The number of benzene rings is 1. The van der Waals surface area contributed by atoms with Gasteiger partial charge in [0.1, 0.15) is 36.7 Å². The van der Waals surface area contributed by atoms with Gasteiger partial charge in [-0.25, -0.2) is 14.1 Å². The Labute approximate surface area is 315 Å². The number of methoxy groups -OCH3 is 1. The average molecular weight is 760 g/mol. The monoisotopic (exact) mass is 759 g/mol. The second-order valence-corrected chi connectivity index (χ2v) is 15.3. The predicted molar refractivity (Wildman–Crippen MR) is 205 cm³/mol. The van der Waals surface area contributed by atoms with Gasteiger partial charge in [0.2, 0.25) is 5.60 Å². The molecule has 0 spiro atoms. The summed E-state index contributed by atoms with van der Waals surface area (Å²) in [5.74, 6) is 0.147. The molecule has 0 aliphatic heterocycles. The van der Waals surface area contributed by atoms with Crippen LogP contribution in [0.3, 0.4) is 0 Å². The van der Waals surface area contributed by atoms with E-state index in [1.54, 1.807) is 12.1 Å². The van der Waals surface area contributed by atoms with Crippen molar-refractivity contribution >= 4 is 19.2 Å². The third-order valence-electron chi connectivity index (χ3n) is 9.72. The van der Waals surface area contributed by atoms with E-state index in [4.69, 9.17) is 24.3 Å². The molecular weight excluding hydrogens is 697 g/mol. The van der Waals surface area contributed by atoms with Crippen LogP contribution >= 0.6 is 7.82 Å². The number of phosphoric ester groups is 1. The Balaban J connectivity index is 1.43. The molecule has 14 heteroatoms. The van der Waals surface area contributed by atoms with E-state index in [9.17, 15) is 24.9 Å². The summed E-state index contributed by atoms with van der Waals surface area (Å²) >= 11 is 0. The number of aliphatic hydroxyl groups excluding tert-OH is 2. The largest absolute Gasteiger partial charge is 0.472 e. The lowest BCUT2D eigenvalue weighted by atomic mass is 9.93. The molecule has 0 aliphatic carbocycles. The fourth-order valence-electron chi connectivity index (χ4n) is 6.34. The Morgan fingerprint density at radius 2 is 1.47 bits per heavy atom. The van der Waals surface area contributed by atoms with Crippen LogP contribution < -0.4 is 5.73 Å². The Morgan fingerprint density at radius 3 is 2.04 bits per heavy atom. The van der Waals surface area contributed by atoms with E-state index >= 15 is 0 Å². The summed E-state index contributed by atoms with van der Waals surface area (Å²) in [6.07, 6.45) is 17.9. The molecule has 5 N–H and O–H groups in total. The highest BCUT2D eigenvalue weighted by atomic mass is 31.2. The van der Waals surface area contributed by atoms with Crippen molar-refractivity contribution in [2.75, 3.05) is 26.1 Å². The molecule has 2 aromatic heterocycles. The van der Waals surface area contributed by atoms with Crippen molar-refractivity contribution < 1.29 is 38.2 Å². The molecule has 13 nitrogen and oxygen atoms in total. The number of nitriles is 1. The summed E-state index contributed by atoms with van der Waals surface area (Å²) in [7, 11) is -3.64. The highest BCUT2D eigenvalue weighted by Gasteiger charge is 2.46. The molecule has 2 unspecified atom stereocenters. The fraction of sp³-hybridized carbons (Fsp3) is 0.667. The topological polar surface area (TPSA) is 195 Å². The van der Waals surface area contributed by atoms with Gasteiger partial charge in [0.15, 0.2) is 5.82 Å². The lowest BCUT2D eigenvalue weighted by Gasteiger charge is -2.33. The number of rotatable bonds is 30. The molecule has 0 saturated heterocycles. The first-order valence-corrected chi connectivity index (χ1v) is 20.8. The number of phosphoric acid groups is 1. The number of aliphatic hydroxyl groups is 2. The zero-order valence-electron chi connectivity index (χ0n) is 31.7. The number of hydrogen-bond acceptors (Lipinski definition) is 11. The van der Waals surface area contributed by atoms with Crippen molar-refractivity contribution in [3.8, 4) is 6.07 Å². The zero-order chi connectivity index (χ0) is 38.4. The molecule has 296 valence electrons. The third-order valence-corrected chi connectivity index (χ3v) is 10.6. The molecule has 3 rings (SSSR count). The maximum Gasteiger partial charge on any atom is 0.472 e. The van der Waals surface area contributed by atoms with Crippen molar-refractivity contribution in [3.05, 3.63) is 60.0 Å². The summed E-state index contributed by atoms with van der Waals surface area (Å²) in [6.45, 7) is 1.45. The number of nitrogens with two attached hydrogens (primary N) is 1. The van der Waals surface area contributed by atoms with Gasteiger partial charge in [0.05, 0.1) is 25.0 Å². The summed E-state index contributed by atoms with van der Waals surface area (Å²) < 4.78 is 36.2. The molecule has 0 aliphatic rings. The van der Waals surface area contributed by atoms with Gasteiger partial charge < -0.3 is 30.3 Å². The van der Waals surface area contributed by atoms with E-state index in [0.29, 0.717) is 18.5 Å². The number of aromatic nitrogens is 3. The van der Waals surface area contributed by atoms with Gasteiger partial charge in [0.25, 0.3) is 0 Å². The van der Waals surface area contributed by atoms with E-state index in [2.05, 4.69) is 17.0 Å². The van der Waals surface area contributed by atoms with E-state index in [-0.39, 0.29) is 18.1 Å². The Hall–Kier alpha value is -2.92. The molecule has 3 aromatic rings. The van der Waals surface area contributed by atoms with Crippen molar-refractivity contribution in [1.29, 1.82) is 5.26 Å². The molecule has 1 aromatic carbocycles. The normalized spacial score (nSPS) is 15.8. The molecule has 0 amide bonds. The smallest absolute Gasteiger partial charge is 0.386 e. The van der Waals surface area contributed by atoms with Crippen molar-refractivity contribution in [1.82, 2.24) is 14.6 Å². The van der Waals surface area contributed by atoms with Crippen LogP contribution in [-0.4, -0.2) is 67.8 Å². The van der Waals surface area contributed by atoms with Gasteiger partial charge in [-0.2, -0.15) is 10.4 Å². The molecule has 2 heterocycles. The first-order chi connectivity index (χ1) is 25.7. The zero-order valence-corrected chi connectivity index (χ0v) is 32.6. The van der Waals surface area contributed by atoms with Crippen molar-refractivity contribution in [2.45, 2.75) is 147 Å². The van der Waals surface area contributed by atoms with Crippen LogP contribution in [0.15, 0.2) is 48.8 Å². The highest BCUT2D eigenvalue weighted by molar-refractivity contribution is 7.47. The molecule has 0 radical (unpaired) electrons. The summed E-state index contributed by atoms with van der Waals surface area (Å²) in [5.41, 5.74) is 5.05. The molecule has 0 fully saturated rings. The molecular formula is C39H62N5O8P. The van der Waals surface area contributed by atoms with Gasteiger partial charge in [-0.1, -0.05) is 140 Å². The van der Waals surface area contributed by atoms with Gasteiger partial charge in [-0.3, -0.25) is 9.05 Å². The first-order valence-electron chi connectivity index (χ1n) is 19.3. The second kappa shape index (κ2) is 24.5. The molecule has 0 bridgehead atoms. The van der Waals surface area contributed by atoms with Crippen LogP contribution in [0.1, 0.15) is 133 Å². The summed E-state index contributed by atoms with van der Waals surface area (Å²) in [4.78, 5) is 14.5. The highest BCUT2D eigenvalue weighted by Crippen LogP contribution is 2.45. The van der Waals surface area contributed by atoms with Crippen LogP contribution in [0.4, 0.5) is 5.82 Å². The molecule has 53 heavy (non-hydrogen) atoms. The van der Waals surface area contributed by atoms with Crippen molar-refractivity contribution in [2.24, 2.45) is 0 Å². The lowest BCUT2D eigenvalue weighted by molar-refractivity contribution is -0.134. The maximum atomic E-state index is 13.0. The maximum absolute atomic E-state index is 13.0. The summed E-state index contributed by atoms with van der Waals surface area (Å²) in [6, 6.07) is 14.4. The standard InChI is InChI=1S/C39H62N5O8P/c1-3-4-5-6-7-8-9-10-11-12-13-14-15-16-17-21-24-33(50-27-32-22-19-18-20-23-32)28-51-53(47,48)52-30-39(29-40,49-2)37(46)36(45)34-25-26-35-38(41)42-31-43-44(34)35/h18-20,22-23,25-26,31,33,36-37,45-46H,3-17,21,24,27-28,30H2,1-2H3,(H,47,48)(H2,41,42,43)/t33-,36-,37-,39?/m0/s1. The third kappa shape index (κ3) is 15.4. The Morgan fingerprint density at radius 1 is 0.887 bits per heavy atom. The van der Waals surface area contributed by atoms with E-state index in [0.717, 1.165) is 31.9 Å². The number of anilines is 1. The molecule has 5 atom stereocenters. The van der Waals surface area contributed by atoms with Gasteiger partial charge in [-0.05, 0) is 24.1 Å². The van der Waals surface area contributed by atoms with Crippen LogP contribution in [0.2, 0.25) is 0 Å². The summed E-state index contributed by atoms with van der Waals surface area (Å²) in [5, 5.41) is 36.2. The SMILES string of the molecule is CCCCCCCCCCCCCCCCCC[C@@H](COP(=O)(O)OCC(C#N)(OC)[C@@H](O)[C@@H](O)c1ccc2c(N)ncnn12)OCc1ccccc1. The first kappa shape index (κ1) is 44.5. The van der Waals surface area contributed by atoms with E-state index < -0.39 is 38.3 Å². The second-order valence-electron chi connectivity index (χ2n) is 13.8. The van der Waals surface area contributed by atoms with Gasteiger partial charge in [0, 0.05) is 7.11 Å². The minimum Gasteiger partial charge on any atom is -0.386 e. The minimum atomic E-state index is -4.76. The Bertz CT molecular complexity index is 1520. The van der Waals surface area contributed by atoms with E-state index in [1.165, 1.54) is 100 Å². The lowest BCUT2D eigenvalue weighted by Crippen LogP contribution is -2.50. The van der Waals surface area contributed by atoms with Gasteiger partial charge in [-0.15, -0.1) is 0 Å². The average Bonchev–Trinajstić information content (AvgIpc) is 3.61. The van der Waals surface area contributed by atoms with Crippen LogP contribution in [0, 0.1) is 11.3 Å². The van der Waals surface area contributed by atoms with Crippen LogP contribution in [0.5, 0.6) is 0 Å². The van der Waals surface area contributed by atoms with Crippen LogP contribution in [0.25, 0.3) is 5.52 Å². The number of hydrogen-bond donors (Lipinski definition) is 4.